The molecule has 9 heteroatoms. The Bertz CT molecular complexity index is 973. The minimum absolute atomic E-state index is 0.0444. The predicted molar refractivity (Wildman–Crippen MR) is 110 cm³/mol. The highest BCUT2D eigenvalue weighted by molar-refractivity contribution is 7.89. The maximum atomic E-state index is 13.0. The summed E-state index contributed by atoms with van der Waals surface area (Å²) in [5.74, 6) is -0.860. The number of piperazine rings is 1. The van der Waals surface area contributed by atoms with Crippen molar-refractivity contribution in [3.05, 3.63) is 66.0 Å². The van der Waals surface area contributed by atoms with Gasteiger partial charge in [-0.15, -0.1) is 0 Å². The van der Waals surface area contributed by atoms with E-state index in [1.54, 1.807) is 4.90 Å². The summed E-state index contributed by atoms with van der Waals surface area (Å²) < 4.78 is 39.6. The Morgan fingerprint density at radius 2 is 1.43 bits per heavy atom. The topological polar surface area (TPSA) is 86.8 Å². The fraction of sp³-hybridized carbons (Fsp3) is 0.333. The SMILES string of the molecule is O=C(CCc1ccccc1)N1CCN(C(=O)CNS(=O)(=O)c2ccc(F)cc2)CC1. The molecular formula is C21H24FN3O4S. The molecule has 1 aliphatic rings. The minimum atomic E-state index is -3.90. The first-order valence-corrected chi connectivity index (χ1v) is 11.2. The Balaban J connectivity index is 1.43. The van der Waals surface area contributed by atoms with Crippen LogP contribution in [0.1, 0.15) is 12.0 Å². The number of nitrogens with one attached hydrogen (secondary N) is 1. The molecule has 2 aromatic rings. The minimum Gasteiger partial charge on any atom is -0.339 e. The van der Waals surface area contributed by atoms with Crippen LogP contribution in [0.2, 0.25) is 0 Å². The lowest BCUT2D eigenvalue weighted by atomic mass is 10.1. The molecule has 0 aliphatic carbocycles. The molecule has 0 unspecified atom stereocenters. The van der Waals surface area contributed by atoms with E-state index in [1.807, 2.05) is 30.3 Å². The van der Waals surface area contributed by atoms with E-state index in [-0.39, 0.29) is 23.3 Å². The standard InChI is InChI=1S/C21H24FN3O4S/c22-18-7-9-19(10-8-18)30(28,29)23-16-21(27)25-14-12-24(13-15-25)20(26)11-6-17-4-2-1-3-5-17/h1-5,7-10,23H,6,11-16H2. The first-order chi connectivity index (χ1) is 14.3. The summed E-state index contributed by atoms with van der Waals surface area (Å²) in [5.41, 5.74) is 1.10. The highest BCUT2D eigenvalue weighted by Gasteiger charge is 2.25. The average molecular weight is 434 g/mol. The molecule has 1 saturated heterocycles. The van der Waals surface area contributed by atoms with E-state index in [1.165, 1.54) is 4.90 Å². The van der Waals surface area contributed by atoms with Gasteiger partial charge in [0.1, 0.15) is 5.82 Å². The molecule has 30 heavy (non-hydrogen) atoms. The monoisotopic (exact) mass is 433 g/mol. The second kappa shape index (κ2) is 9.82. The summed E-state index contributed by atoms with van der Waals surface area (Å²) >= 11 is 0. The van der Waals surface area contributed by atoms with Crippen molar-refractivity contribution in [1.82, 2.24) is 14.5 Å². The molecule has 0 atom stereocenters. The number of nitrogens with zero attached hydrogens (tertiary/aromatic N) is 2. The van der Waals surface area contributed by atoms with Gasteiger partial charge in [-0.05, 0) is 36.2 Å². The summed E-state index contributed by atoms with van der Waals surface area (Å²) in [4.78, 5) is 27.9. The van der Waals surface area contributed by atoms with Crippen molar-refractivity contribution in [1.29, 1.82) is 0 Å². The molecule has 0 radical (unpaired) electrons. The second-order valence-corrected chi connectivity index (χ2v) is 8.79. The number of aryl methyl sites for hydroxylation is 1. The number of halogens is 1. The van der Waals surface area contributed by atoms with E-state index < -0.39 is 15.8 Å². The quantitative estimate of drug-likeness (QED) is 0.715. The van der Waals surface area contributed by atoms with Gasteiger partial charge < -0.3 is 9.80 Å². The van der Waals surface area contributed by atoms with Crippen LogP contribution in [-0.4, -0.2) is 62.8 Å². The summed E-state index contributed by atoms with van der Waals surface area (Å²) in [6.45, 7) is 1.16. The highest BCUT2D eigenvalue weighted by Crippen LogP contribution is 2.11. The van der Waals surface area contributed by atoms with Gasteiger partial charge in [0, 0.05) is 32.6 Å². The van der Waals surface area contributed by atoms with Gasteiger partial charge >= 0.3 is 0 Å². The number of sulfonamides is 1. The number of rotatable bonds is 7. The predicted octanol–water partition coefficient (Wildman–Crippen LogP) is 1.41. The van der Waals surface area contributed by atoms with Gasteiger partial charge in [0.05, 0.1) is 11.4 Å². The summed E-state index contributed by atoms with van der Waals surface area (Å²) in [7, 11) is -3.90. The van der Waals surface area contributed by atoms with Crippen molar-refractivity contribution in [3.63, 3.8) is 0 Å². The highest BCUT2D eigenvalue weighted by atomic mass is 32.2. The molecule has 0 bridgehead atoms. The fourth-order valence-corrected chi connectivity index (χ4v) is 4.20. The largest absolute Gasteiger partial charge is 0.339 e. The molecule has 1 aliphatic heterocycles. The Morgan fingerprint density at radius 3 is 2.03 bits per heavy atom. The van der Waals surface area contributed by atoms with Gasteiger partial charge in [-0.2, -0.15) is 0 Å². The Kier molecular flexibility index (Phi) is 7.17. The lowest BCUT2D eigenvalue weighted by molar-refractivity contribution is -0.138. The van der Waals surface area contributed by atoms with Crippen molar-refractivity contribution in [2.75, 3.05) is 32.7 Å². The number of carbonyl (C=O) groups is 2. The molecule has 2 aromatic carbocycles. The average Bonchev–Trinajstić information content (AvgIpc) is 2.77. The van der Waals surface area contributed by atoms with E-state index in [9.17, 15) is 22.4 Å². The second-order valence-electron chi connectivity index (χ2n) is 7.03. The number of carbonyl (C=O) groups excluding carboxylic acids is 2. The van der Waals surface area contributed by atoms with Crippen molar-refractivity contribution >= 4 is 21.8 Å². The van der Waals surface area contributed by atoms with Gasteiger partial charge in [-0.1, -0.05) is 30.3 Å². The number of hydrogen-bond acceptors (Lipinski definition) is 4. The van der Waals surface area contributed by atoms with Crippen LogP contribution in [0, 0.1) is 5.82 Å². The maximum Gasteiger partial charge on any atom is 0.241 e. The van der Waals surface area contributed by atoms with Crippen molar-refractivity contribution in [2.24, 2.45) is 0 Å². The zero-order chi connectivity index (χ0) is 21.6. The molecule has 3 rings (SSSR count). The van der Waals surface area contributed by atoms with E-state index in [0.29, 0.717) is 39.0 Å². The molecule has 0 spiro atoms. The van der Waals surface area contributed by atoms with Crippen LogP contribution in [0.5, 0.6) is 0 Å². The summed E-state index contributed by atoms with van der Waals surface area (Å²) in [6, 6.07) is 14.1. The van der Waals surface area contributed by atoms with E-state index in [0.717, 1.165) is 29.8 Å². The molecule has 1 heterocycles. The smallest absolute Gasteiger partial charge is 0.241 e. The van der Waals surface area contributed by atoms with Gasteiger partial charge in [0.2, 0.25) is 21.8 Å². The Hall–Kier alpha value is -2.78. The zero-order valence-corrected chi connectivity index (χ0v) is 17.3. The van der Waals surface area contributed by atoms with Gasteiger partial charge in [-0.25, -0.2) is 17.5 Å². The molecule has 1 fully saturated rings. The maximum absolute atomic E-state index is 13.0. The summed E-state index contributed by atoms with van der Waals surface area (Å²) in [5, 5.41) is 0. The zero-order valence-electron chi connectivity index (χ0n) is 16.5. The molecule has 7 nitrogen and oxygen atoms in total. The number of hydrogen-bond donors (Lipinski definition) is 1. The third-order valence-corrected chi connectivity index (χ3v) is 6.41. The van der Waals surface area contributed by atoms with Crippen LogP contribution >= 0.6 is 0 Å². The van der Waals surface area contributed by atoms with Crippen LogP contribution in [0.3, 0.4) is 0 Å². The number of amides is 2. The van der Waals surface area contributed by atoms with Crippen molar-refractivity contribution in [3.8, 4) is 0 Å². The van der Waals surface area contributed by atoms with Gasteiger partial charge in [-0.3, -0.25) is 9.59 Å². The first kappa shape index (κ1) is 21.9. The molecule has 0 aromatic heterocycles. The van der Waals surface area contributed by atoms with Crippen molar-refractivity contribution < 1.29 is 22.4 Å². The van der Waals surface area contributed by atoms with Crippen LogP contribution in [0.4, 0.5) is 4.39 Å². The van der Waals surface area contributed by atoms with E-state index >= 15 is 0 Å². The normalized spacial score (nSPS) is 14.6. The van der Waals surface area contributed by atoms with E-state index in [4.69, 9.17) is 0 Å². The van der Waals surface area contributed by atoms with Crippen LogP contribution in [-0.2, 0) is 26.0 Å². The first-order valence-electron chi connectivity index (χ1n) is 9.70. The molecule has 160 valence electrons. The van der Waals surface area contributed by atoms with Gasteiger partial charge in [0.25, 0.3) is 0 Å². The molecular weight excluding hydrogens is 409 g/mol. The van der Waals surface area contributed by atoms with Crippen LogP contribution in [0.15, 0.2) is 59.5 Å². The van der Waals surface area contributed by atoms with Gasteiger partial charge in [0.15, 0.2) is 0 Å². The summed E-state index contributed by atoms with van der Waals surface area (Å²) in [6.07, 6.45) is 1.08. The molecule has 1 N–H and O–H groups in total. The molecule has 2 amide bonds. The lowest BCUT2D eigenvalue weighted by Gasteiger charge is -2.35. The third-order valence-electron chi connectivity index (χ3n) is 4.99. The third kappa shape index (κ3) is 5.87. The number of benzene rings is 2. The molecule has 0 saturated carbocycles. The lowest BCUT2D eigenvalue weighted by Crippen LogP contribution is -2.52. The van der Waals surface area contributed by atoms with Crippen LogP contribution in [0.25, 0.3) is 0 Å². The Morgan fingerprint density at radius 1 is 0.867 bits per heavy atom. The van der Waals surface area contributed by atoms with E-state index in [2.05, 4.69) is 4.72 Å². The Labute approximate surface area is 175 Å². The van der Waals surface area contributed by atoms with Crippen LogP contribution < -0.4 is 4.72 Å². The van der Waals surface area contributed by atoms with Crippen molar-refractivity contribution in [2.45, 2.75) is 17.7 Å². The fourth-order valence-electron chi connectivity index (χ4n) is 3.22.